The fourth-order valence-corrected chi connectivity index (χ4v) is 1.57. The minimum Gasteiger partial charge on any atom is -0.373 e. The van der Waals surface area contributed by atoms with Crippen molar-refractivity contribution >= 4 is 0 Å². The number of rotatable bonds is 2. The van der Waals surface area contributed by atoms with Gasteiger partial charge in [-0.25, -0.2) is 4.68 Å². The van der Waals surface area contributed by atoms with Crippen LogP contribution in [0.5, 0.6) is 0 Å². The number of hydrogen-bond donors (Lipinski definition) is 0. The third-order valence-electron chi connectivity index (χ3n) is 2.21. The van der Waals surface area contributed by atoms with Gasteiger partial charge in [0, 0.05) is 0 Å². The second-order valence-electron chi connectivity index (χ2n) is 3.86. The van der Waals surface area contributed by atoms with Gasteiger partial charge in [0.2, 0.25) is 0 Å². The highest BCUT2D eigenvalue weighted by atomic mass is 16.5. The van der Waals surface area contributed by atoms with Gasteiger partial charge in [-0.05, 0) is 12.3 Å². The van der Waals surface area contributed by atoms with Crippen molar-refractivity contribution in [2.24, 2.45) is 5.92 Å². The second kappa shape index (κ2) is 3.46. The van der Waals surface area contributed by atoms with Crippen molar-refractivity contribution in [3.63, 3.8) is 0 Å². The minimum atomic E-state index is 0.628. The molecule has 0 bridgehead atoms. The summed E-state index contributed by atoms with van der Waals surface area (Å²) in [6.07, 6.45) is 0.999. The van der Waals surface area contributed by atoms with Crippen molar-refractivity contribution in [3.05, 3.63) is 11.4 Å². The van der Waals surface area contributed by atoms with Crippen LogP contribution in [-0.2, 0) is 24.3 Å². The normalized spacial score (nSPS) is 16.2. The van der Waals surface area contributed by atoms with E-state index in [1.165, 1.54) is 5.69 Å². The third-order valence-corrected chi connectivity index (χ3v) is 2.21. The smallest absolute Gasteiger partial charge is 0.0904 e. The van der Waals surface area contributed by atoms with Crippen LogP contribution in [0, 0.1) is 5.92 Å². The molecule has 1 aliphatic rings. The second-order valence-corrected chi connectivity index (χ2v) is 3.86. The van der Waals surface area contributed by atoms with E-state index in [2.05, 4.69) is 24.2 Å². The first kappa shape index (κ1) is 8.69. The molecule has 4 heteroatoms. The monoisotopic (exact) mass is 181 g/mol. The highest BCUT2D eigenvalue weighted by Gasteiger charge is 2.16. The maximum atomic E-state index is 5.38. The lowest BCUT2D eigenvalue weighted by atomic mass is 10.1. The molecule has 0 aromatic carbocycles. The van der Waals surface area contributed by atoms with Crippen LogP contribution in [0.3, 0.4) is 0 Å². The van der Waals surface area contributed by atoms with Crippen LogP contribution in [0.15, 0.2) is 0 Å². The lowest BCUT2D eigenvalue weighted by molar-refractivity contribution is 0.0791. The molecule has 2 rings (SSSR count). The molecule has 4 nitrogen and oxygen atoms in total. The molecule has 0 atom stereocenters. The summed E-state index contributed by atoms with van der Waals surface area (Å²) in [5, 5.41) is 8.27. The fourth-order valence-electron chi connectivity index (χ4n) is 1.57. The van der Waals surface area contributed by atoms with E-state index < -0.39 is 0 Å². The molecule has 0 saturated heterocycles. The summed E-state index contributed by atoms with van der Waals surface area (Å²) in [7, 11) is 0. The van der Waals surface area contributed by atoms with E-state index in [1.54, 1.807) is 0 Å². The molecular formula is C9H15N3O. The first-order valence-corrected chi connectivity index (χ1v) is 4.76. The van der Waals surface area contributed by atoms with Crippen LogP contribution in [0.1, 0.15) is 25.2 Å². The summed E-state index contributed by atoms with van der Waals surface area (Å²) in [6.45, 7) is 6.66. The standard InChI is InChI=1S/C9H15N3O/c1-7(2)5-8-9-6-13-4-3-12(9)11-10-8/h7H,3-6H2,1-2H3. The molecule has 0 unspecified atom stereocenters. The Morgan fingerprint density at radius 3 is 3.15 bits per heavy atom. The Labute approximate surface area is 77.9 Å². The third kappa shape index (κ3) is 1.72. The SMILES string of the molecule is CC(C)Cc1nnn2c1COCC2. The predicted octanol–water partition coefficient (Wildman–Crippen LogP) is 1.01. The Kier molecular flexibility index (Phi) is 2.31. The van der Waals surface area contributed by atoms with E-state index in [4.69, 9.17) is 4.74 Å². The molecule has 0 amide bonds. The Balaban J connectivity index is 2.21. The maximum absolute atomic E-state index is 5.38. The Bertz CT molecular complexity index is 293. The van der Waals surface area contributed by atoms with E-state index in [1.807, 2.05) is 4.68 Å². The Morgan fingerprint density at radius 2 is 2.38 bits per heavy atom. The topological polar surface area (TPSA) is 39.9 Å². The molecular weight excluding hydrogens is 166 g/mol. The van der Waals surface area contributed by atoms with Gasteiger partial charge in [0.15, 0.2) is 0 Å². The fraction of sp³-hybridized carbons (Fsp3) is 0.778. The van der Waals surface area contributed by atoms with Crippen molar-refractivity contribution < 1.29 is 4.74 Å². The summed E-state index contributed by atoms with van der Waals surface area (Å²) >= 11 is 0. The van der Waals surface area contributed by atoms with E-state index in [0.717, 1.165) is 25.3 Å². The summed E-state index contributed by atoms with van der Waals surface area (Å²) in [4.78, 5) is 0. The lowest BCUT2D eigenvalue weighted by Crippen LogP contribution is -2.18. The van der Waals surface area contributed by atoms with Gasteiger partial charge in [0.05, 0.1) is 31.1 Å². The first-order chi connectivity index (χ1) is 6.27. The van der Waals surface area contributed by atoms with Gasteiger partial charge in [-0.2, -0.15) is 0 Å². The molecule has 0 saturated carbocycles. The molecule has 13 heavy (non-hydrogen) atoms. The molecule has 0 N–H and O–H groups in total. The van der Waals surface area contributed by atoms with Gasteiger partial charge in [-0.3, -0.25) is 0 Å². The average Bonchev–Trinajstić information content (AvgIpc) is 2.48. The Hall–Kier alpha value is -0.900. The highest BCUT2D eigenvalue weighted by Crippen LogP contribution is 2.14. The van der Waals surface area contributed by atoms with Gasteiger partial charge in [-0.15, -0.1) is 5.10 Å². The zero-order chi connectivity index (χ0) is 9.26. The van der Waals surface area contributed by atoms with Crippen molar-refractivity contribution in [2.75, 3.05) is 6.61 Å². The first-order valence-electron chi connectivity index (χ1n) is 4.76. The average molecular weight is 181 g/mol. The zero-order valence-electron chi connectivity index (χ0n) is 8.16. The van der Waals surface area contributed by atoms with Crippen molar-refractivity contribution in [1.29, 1.82) is 0 Å². The summed E-state index contributed by atoms with van der Waals surface area (Å²) in [6, 6.07) is 0. The maximum Gasteiger partial charge on any atom is 0.0904 e. The van der Waals surface area contributed by atoms with Crippen molar-refractivity contribution in [1.82, 2.24) is 15.0 Å². The molecule has 0 fully saturated rings. The van der Waals surface area contributed by atoms with Gasteiger partial charge in [-0.1, -0.05) is 19.1 Å². The molecule has 1 aromatic rings. The summed E-state index contributed by atoms with van der Waals surface area (Å²) in [5.74, 6) is 0.628. The molecule has 0 aliphatic carbocycles. The van der Waals surface area contributed by atoms with Gasteiger partial charge in [0.25, 0.3) is 0 Å². The van der Waals surface area contributed by atoms with E-state index in [0.29, 0.717) is 12.5 Å². The summed E-state index contributed by atoms with van der Waals surface area (Å²) in [5.41, 5.74) is 2.27. The molecule has 0 spiro atoms. The van der Waals surface area contributed by atoms with Crippen LogP contribution in [-0.4, -0.2) is 21.6 Å². The van der Waals surface area contributed by atoms with Crippen LogP contribution >= 0.6 is 0 Å². The summed E-state index contributed by atoms with van der Waals surface area (Å²) < 4.78 is 7.34. The van der Waals surface area contributed by atoms with E-state index >= 15 is 0 Å². The van der Waals surface area contributed by atoms with Gasteiger partial charge in [0.1, 0.15) is 0 Å². The quantitative estimate of drug-likeness (QED) is 0.683. The minimum absolute atomic E-state index is 0.628. The predicted molar refractivity (Wildman–Crippen MR) is 48.2 cm³/mol. The molecule has 72 valence electrons. The molecule has 1 aliphatic heterocycles. The number of ether oxygens (including phenoxy) is 1. The number of aromatic nitrogens is 3. The number of hydrogen-bond acceptors (Lipinski definition) is 3. The highest BCUT2D eigenvalue weighted by molar-refractivity contribution is 5.10. The van der Waals surface area contributed by atoms with Crippen molar-refractivity contribution in [3.8, 4) is 0 Å². The lowest BCUT2D eigenvalue weighted by Gasteiger charge is -2.14. The molecule has 0 radical (unpaired) electrons. The van der Waals surface area contributed by atoms with E-state index in [9.17, 15) is 0 Å². The van der Waals surface area contributed by atoms with E-state index in [-0.39, 0.29) is 0 Å². The van der Waals surface area contributed by atoms with Crippen LogP contribution < -0.4 is 0 Å². The van der Waals surface area contributed by atoms with Crippen LogP contribution in [0.25, 0.3) is 0 Å². The number of nitrogens with zero attached hydrogens (tertiary/aromatic N) is 3. The number of fused-ring (bicyclic) bond motifs is 1. The van der Waals surface area contributed by atoms with Gasteiger partial charge < -0.3 is 4.74 Å². The van der Waals surface area contributed by atoms with Crippen LogP contribution in [0.4, 0.5) is 0 Å². The molecule has 2 heterocycles. The Morgan fingerprint density at radius 1 is 1.54 bits per heavy atom. The van der Waals surface area contributed by atoms with Crippen molar-refractivity contribution in [2.45, 2.75) is 33.4 Å². The van der Waals surface area contributed by atoms with Crippen LogP contribution in [0.2, 0.25) is 0 Å². The zero-order valence-corrected chi connectivity index (χ0v) is 8.16. The largest absolute Gasteiger partial charge is 0.373 e. The molecule has 1 aromatic heterocycles. The van der Waals surface area contributed by atoms with Gasteiger partial charge >= 0.3 is 0 Å².